The van der Waals surface area contributed by atoms with Crippen LogP contribution in [-0.2, 0) is 10.8 Å². The number of non-ortho nitro benzene ring substituents is 2. The summed E-state index contributed by atoms with van der Waals surface area (Å²) in [7, 11) is 0.599. The maximum Gasteiger partial charge on any atom is 0.277 e. The number of unbranched alkanes of at least 4 members (excludes halogenated alkanes) is 5. The topological polar surface area (TPSA) is 125 Å². The van der Waals surface area contributed by atoms with Crippen molar-refractivity contribution in [2.24, 2.45) is 11.3 Å². The van der Waals surface area contributed by atoms with E-state index in [0.717, 1.165) is 66.8 Å². The van der Waals surface area contributed by atoms with Crippen LogP contribution in [-0.4, -0.2) is 32.1 Å². The molecule has 0 heterocycles. The molecule has 9 nitrogen and oxygen atoms in total. The lowest BCUT2D eigenvalue weighted by Gasteiger charge is -2.44. The second kappa shape index (κ2) is 16.7. The molecular formula is C38H51N3O6Si. The van der Waals surface area contributed by atoms with Crippen LogP contribution in [0.25, 0.3) is 10.8 Å². The third kappa shape index (κ3) is 9.28. The van der Waals surface area contributed by atoms with Gasteiger partial charge in [-0.25, -0.2) is 0 Å². The fraction of sp³-hybridized carbons (Fsp3) is 0.553. The third-order valence-corrected chi connectivity index (χ3v) is 11.4. The molecule has 0 saturated carbocycles. The monoisotopic (exact) mass is 673 g/mol. The number of nitrogens with one attached hydrogen (secondary N) is 1. The van der Waals surface area contributed by atoms with Gasteiger partial charge in [0.25, 0.3) is 17.3 Å². The summed E-state index contributed by atoms with van der Waals surface area (Å²) in [6, 6.07) is 11.5. The molecule has 48 heavy (non-hydrogen) atoms. The third-order valence-electron chi connectivity index (χ3n) is 10.2. The van der Waals surface area contributed by atoms with Gasteiger partial charge in [-0.15, -0.1) is 0 Å². The molecule has 0 fully saturated rings. The molecule has 4 rings (SSSR count). The molecule has 0 aliphatic heterocycles. The van der Waals surface area contributed by atoms with Gasteiger partial charge >= 0.3 is 0 Å². The molecule has 3 atom stereocenters. The predicted octanol–water partition coefficient (Wildman–Crippen LogP) is 9.92. The quantitative estimate of drug-likeness (QED) is 0.0658. The van der Waals surface area contributed by atoms with Crippen molar-refractivity contribution < 1.29 is 19.1 Å². The first-order valence-corrected chi connectivity index (χ1v) is 18.5. The van der Waals surface area contributed by atoms with Gasteiger partial charge in [0.15, 0.2) is 0 Å². The molecule has 0 saturated heterocycles. The average Bonchev–Trinajstić information content (AvgIpc) is 3.05. The Morgan fingerprint density at radius 2 is 1.58 bits per heavy atom. The van der Waals surface area contributed by atoms with Crippen molar-refractivity contribution >= 4 is 37.8 Å². The lowest BCUT2D eigenvalue weighted by atomic mass is 9.64. The summed E-state index contributed by atoms with van der Waals surface area (Å²) >= 11 is 0. The smallest absolute Gasteiger partial charge is 0.277 e. The van der Waals surface area contributed by atoms with Crippen LogP contribution >= 0.6 is 0 Å². The highest BCUT2D eigenvalue weighted by atomic mass is 28.2. The molecule has 3 aromatic carbocycles. The van der Waals surface area contributed by atoms with Gasteiger partial charge < -0.3 is 9.74 Å². The summed E-state index contributed by atoms with van der Waals surface area (Å²) in [5.74, 6) is -0.445. The van der Waals surface area contributed by atoms with Crippen molar-refractivity contribution in [2.75, 3.05) is 6.61 Å². The summed E-state index contributed by atoms with van der Waals surface area (Å²) in [4.78, 5) is 35.7. The molecule has 1 aliphatic rings. The standard InChI is InChI=1S/C38H51N3O6Si/c1-7-47-48-27(4)14-12-10-8-9-11-13-19-38(5,6)34-18-17-28-15-16-29-20-25(2)26(3)21-33(29)35(28)36(34)39-37(42)30-22-31(40(43)44)24-32(23-30)41(45)46/h15-16,20-24,27,34,36H,7-14,17-19H2,1-6H3,(H,39,42). The Labute approximate surface area is 287 Å². The minimum Gasteiger partial charge on any atom is -0.417 e. The zero-order valence-electron chi connectivity index (χ0n) is 29.4. The van der Waals surface area contributed by atoms with Crippen LogP contribution in [0, 0.1) is 45.4 Å². The van der Waals surface area contributed by atoms with Crippen molar-refractivity contribution in [3.8, 4) is 0 Å². The number of hydrogen-bond acceptors (Lipinski definition) is 6. The largest absolute Gasteiger partial charge is 0.417 e. The Bertz CT molecular complexity index is 1590. The molecule has 1 aliphatic carbocycles. The van der Waals surface area contributed by atoms with Gasteiger partial charge in [-0.2, -0.15) is 0 Å². The van der Waals surface area contributed by atoms with Crippen LogP contribution in [0.15, 0.2) is 42.5 Å². The van der Waals surface area contributed by atoms with Crippen LogP contribution in [0.4, 0.5) is 11.4 Å². The first-order chi connectivity index (χ1) is 22.8. The Hall–Kier alpha value is -3.63. The molecule has 258 valence electrons. The van der Waals surface area contributed by atoms with Gasteiger partial charge in [0.1, 0.15) is 0 Å². The molecule has 2 radical (unpaired) electrons. The molecule has 0 spiro atoms. The Kier molecular flexibility index (Phi) is 12.9. The summed E-state index contributed by atoms with van der Waals surface area (Å²) < 4.78 is 5.57. The number of fused-ring (bicyclic) bond motifs is 3. The maximum absolute atomic E-state index is 13.9. The van der Waals surface area contributed by atoms with Crippen LogP contribution in [0.2, 0.25) is 5.54 Å². The van der Waals surface area contributed by atoms with E-state index >= 15 is 0 Å². The summed E-state index contributed by atoms with van der Waals surface area (Å²) in [6.45, 7) is 13.9. The number of carbonyl (C=O) groups excluding carboxylic acids is 1. The van der Waals surface area contributed by atoms with Gasteiger partial charge in [0, 0.05) is 18.7 Å². The number of amides is 1. The van der Waals surface area contributed by atoms with Gasteiger partial charge in [-0.3, -0.25) is 25.0 Å². The number of nitrogens with zero attached hydrogens (tertiary/aromatic N) is 2. The fourth-order valence-electron chi connectivity index (χ4n) is 7.31. The van der Waals surface area contributed by atoms with E-state index in [9.17, 15) is 25.0 Å². The number of hydrogen-bond donors (Lipinski definition) is 1. The molecular weight excluding hydrogens is 623 g/mol. The lowest BCUT2D eigenvalue weighted by molar-refractivity contribution is -0.394. The lowest BCUT2D eigenvalue weighted by Crippen LogP contribution is -2.42. The fourth-order valence-corrected chi connectivity index (χ4v) is 8.08. The normalized spacial score (nSPS) is 16.8. The van der Waals surface area contributed by atoms with E-state index in [2.05, 4.69) is 64.2 Å². The van der Waals surface area contributed by atoms with E-state index in [1.54, 1.807) is 0 Å². The van der Waals surface area contributed by atoms with Crippen molar-refractivity contribution in [1.29, 1.82) is 0 Å². The molecule has 0 bridgehead atoms. The molecule has 1 N–H and O–H groups in total. The maximum atomic E-state index is 13.9. The zero-order valence-corrected chi connectivity index (χ0v) is 30.4. The molecule has 0 aromatic heterocycles. The highest BCUT2D eigenvalue weighted by Gasteiger charge is 2.41. The number of aryl methyl sites for hydroxylation is 3. The van der Waals surface area contributed by atoms with E-state index in [0.29, 0.717) is 15.3 Å². The number of nitro groups is 2. The SMILES string of the molecule is CCO[Si]C(C)CCCCCCCCC(C)(C)C1CCc2ccc3cc(C)c(C)cc3c2C1NC(=O)c1cc([N+](=O)[O-])cc([N+](=O)[O-])c1. The van der Waals surface area contributed by atoms with Crippen molar-refractivity contribution in [2.45, 2.75) is 117 Å². The van der Waals surface area contributed by atoms with Crippen LogP contribution in [0.1, 0.15) is 124 Å². The van der Waals surface area contributed by atoms with E-state index in [4.69, 9.17) is 4.43 Å². The Balaban J connectivity index is 1.56. The highest BCUT2D eigenvalue weighted by Crippen LogP contribution is 2.49. The minimum atomic E-state index is -0.701. The summed E-state index contributed by atoms with van der Waals surface area (Å²) in [5.41, 5.74) is 4.12. The zero-order chi connectivity index (χ0) is 35.0. The van der Waals surface area contributed by atoms with E-state index < -0.39 is 27.1 Å². The van der Waals surface area contributed by atoms with Gasteiger partial charge in [-0.05, 0) is 89.9 Å². The number of nitro benzene ring substituents is 2. The Morgan fingerprint density at radius 1 is 0.958 bits per heavy atom. The van der Waals surface area contributed by atoms with E-state index in [1.165, 1.54) is 55.2 Å². The number of rotatable bonds is 17. The van der Waals surface area contributed by atoms with Crippen molar-refractivity contribution in [3.05, 3.63) is 90.5 Å². The van der Waals surface area contributed by atoms with Crippen molar-refractivity contribution in [3.63, 3.8) is 0 Å². The molecule has 3 unspecified atom stereocenters. The first kappa shape index (κ1) is 37.2. The molecule has 3 aromatic rings. The summed E-state index contributed by atoms with van der Waals surface area (Å²) in [6.07, 6.45) is 11.2. The average molecular weight is 674 g/mol. The molecule has 10 heteroatoms. The molecule has 1 amide bonds. The van der Waals surface area contributed by atoms with Crippen LogP contribution < -0.4 is 5.32 Å². The number of benzene rings is 3. The van der Waals surface area contributed by atoms with E-state index in [-0.39, 0.29) is 22.9 Å². The minimum absolute atomic E-state index is 0.0837. The van der Waals surface area contributed by atoms with Gasteiger partial charge in [0.05, 0.1) is 27.5 Å². The predicted molar refractivity (Wildman–Crippen MR) is 193 cm³/mol. The number of carbonyl (C=O) groups is 1. The highest BCUT2D eigenvalue weighted by molar-refractivity contribution is 6.29. The van der Waals surface area contributed by atoms with Gasteiger partial charge in [-0.1, -0.05) is 90.0 Å². The van der Waals surface area contributed by atoms with Crippen molar-refractivity contribution in [1.82, 2.24) is 5.32 Å². The van der Waals surface area contributed by atoms with Crippen LogP contribution in [0.3, 0.4) is 0 Å². The second-order valence-electron chi connectivity index (χ2n) is 14.2. The first-order valence-electron chi connectivity index (χ1n) is 17.5. The second-order valence-corrected chi connectivity index (χ2v) is 15.8. The summed E-state index contributed by atoms with van der Waals surface area (Å²) in [5, 5.41) is 28.7. The van der Waals surface area contributed by atoms with Crippen LogP contribution in [0.5, 0.6) is 0 Å². The van der Waals surface area contributed by atoms with E-state index in [1.807, 2.05) is 6.92 Å². The Morgan fingerprint density at radius 3 is 2.23 bits per heavy atom. The van der Waals surface area contributed by atoms with Gasteiger partial charge in [0.2, 0.25) is 9.76 Å².